The Hall–Kier alpha value is -4.25. The minimum absolute atomic E-state index is 0.376. The van der Waals surface area contributed by atoms with Gasteiger partial charge in [-0.2, -0.15) is 0 Å². The van der Waals surface area contributed by atoms with Gasteiger partial charge in [0.25, 0.3) is 0 Å². The van der Waals surface area contributed by atoms with E-state index >= 15 is 0 Å². The van der Waals surface area contributed by atoms with Crippen LogP contribution < -0.4 is 4.74 Å². The lowest BCUT2D eigenvalue weighted by Crippen LogP contribution is -2.10. The molecular formula is C28H23N3O2. The fourth-order valence-corrected chi connectivity index (χ4v) is 3.80. The van der Waals surface area contributed by atoms with Crippen molar-refractivity contribution in [2.45, 2.75) is 20.4 Å². The summed E-state index contributed by atoms with van der Waals surface area (Å²) < 4.78 is 7.53. The van der Waals surface area contributed by atoms with Crippen LogP contribution in [-0.4, -0.2) is 21.0 Å². The maximum atomic E-state index is 12.7. The van der Waals surface area contributed by atoms with Crippen LogP contribution in [0.5, 0.6) is 5.75 Å². The molecule has 0 aliphatic carbocycles. The fourth-order valence-electron chi connectivity index (χ4n) is 3.80. The predicted molar refractivity (Wildman–Crippen MR) is 129 cm³/mol. The smallest absolute Gasteiger partial charge is 0.343 e. The number of hydrogen-bond acceptors (Lipinski definition) is 4. The van der Waals surface area contributed by atoms with Crippen molar-refractivity contribution >= 4 is 17.0 Å². The van der Waals surface area contributed by atoms with Crippen molar-refractivity contribution in [3.63, 3.8) is 0 Å². The molecule has 1 heterocycles. The number of benzene rings is 4. The lowest BCUT2D eigenvalue weighted by Gasteiger charge is -2.10. The standard InChI is InChI=1S/C28H23N3O2/c1-19-7-11-22(12-8-19)24-15-16-27(20(2)17-24)33-28(32)23-13-9-21(10-14-23)18-31-26-6-4-3-5-25(26)29-30-31/h3-17H,18H2,1-2H3. The Morgan fingerprint density at radius 3 is 2.33 bits per heavy atom. The third-order valence-electron chi connectivity index (χ3n) is 5.70. The summed E-state index contributed by atoms with van der Waals surface area (Å²) >= 11 is 0. The van der Waals surface area contributed by atoms with Gasteiger partial charge in [-0.1, -0.05) is 65.4 Å². The van der Waals surface area contributed by atoms with Crippen molar-refractivity contribution in [3.05, 3.63) is 113 Å². The first-order valence-corrected chi connectivity index (χ1v) is 10.8. The molecule has 33 heavy (non-hydrogen) atoms. The number of aromatic nitrogens is 3. The Kier molecular flexibility index (Phi) is 5.45. The van der Waals surface area contributed by atoms with Crippen LogP contribution in [0.2, 0.25) is 0 Å². The van der Waals surface area contributed by atoms with Gasteiger partial charge in [0.15, 0.2) is 0 Å². The minimum Gasteiger partial charge on any atom is -0.423 e. The topological polar surface area (TPSA) is 57.0 Å². The summed E-state index contributed by atoms with van der Waals surface area (Å²) in [5.41, 5.74) is 7.74. The highest BCUT2D eigenvalue weighted by molar-refractivity contribution is 5.91. The van der Waals surface area contributed by atoms with Gasteiger partial charge in [0.2, 0.25) is 0 Å². The summed E-state index contributed by atoms with van der Waals surface area (Å²) in [5.74, 6) is 0.188. The Morgan fingerprint density at radius 1 is 0.848 bits per heavy atom. The molecule has 0 saturated carbocycles. The Bertz CT molecular complexity index is 1430. The Morgan fingerprint density at radius 2 is 1.58 bits per heavy atom. The van der Waals surface area contributed by atoms with Crippen LogP contribution in [0.15, 0.2) is 91.0 Å². The average molecular weight is 434 g/mol. The van der Waals surface area contributed by atoms with E-state index in [1.54, 1.807) is 12.1 Å². The number of hydrogen-bond donors (Lipinski definition) is 0. The zero-order valence-corrected chi connectivity index (χ0v) is 18.5. The third kappa shape index (κ3) is 4.39. The number of nitrogens with zero attached hydrogens (tertiary/aromatic N) is 3. The van der Waals surface area contributed by atoms with Gasteiger partial charge in [0, 0.05) is 0 Å². The molecule has 0 atom stereocenters. The molecule has 0 aliphatic rings. The highest BCUT2D eigenvalue weighted by Gasteiger charge is 2.12. The monoisotopic (exact) mass is 433 g/mol. The zero-order valence-electron chi connectivity index (χ0n) is 18.5. The van der Waals surface area contributed by atoms with E-state index in [1.165, 1.54) is 5.56 Å². The molecule has 162 valence electrons. The van der Waals surface area contributed by atoms with Crippen LogP contribution in [0.1, 0.15) is 27.0 Å². The van der Waals surface area contributed by atoms with Gasteiger partial charge >= 0.3 is 5.97 Å². The van der Waals surface area contributed by atoms with Gasteiger partial charge in [-0.05, 0) is 72.5 Å². The molecule has 1 aromatic heterocycles. The number of carbonyl (C=O) groups is 1. The molecule has 0 spiro atoms. The number of esters is 1. The highest BCUT2D eigenvalue weighted by Crippen LogP contribution is 2.27. The number of para-hydroxylation sites is 1. The van der Waals surface area contributed by atoms with E-state index in [2.05, 4.69) is 41.5 Å². The molecule has 0 aliphatic heterocycles. The van der Waals surface area contributed by atoms with Gasteiger partial charge in [0.05, 0.1) is 17.6 Å². The van der Waals surface area contributed by atoms with E-state index in [4.69, 9.17) is 4.74 Å². The number of carbonyl (C=O) groups excluding carboxylic acids is 1. The molecule has 5 nitrogen and oxygen atoms in total. The summed E-state index contributed by atoms with van der Waals surface area (Å²) in [6.45, 7) is 4.60. The largest absolute Gasteiger partial charge is 0.423 e. The van der Waals surface area contributed by atoms with Crippen molar-refractivity contribution in [1.82, 2.24) is 15.0 Å². The van der Waals surface area contributed by atoms with Gasteiger partial charge < -0.3 is 4.74 Å². The molecule has 0 amide bonds. The number of fused-ring (bicyclic) bond motifs is 1. The Balaban J connectivity index is 1.28. The summed E-state index contributed by atoms with van der Waals surface area (Å²) in [7, 11) is 0. The van der Waals surface area contributed by atoms with E-state index in [0.717, 1.165) is 33.3 Å². The first kappa shape index (κ1) is 20.6. The molecule has 0 saturated heterocycles. The van der Waals surface area contributed by atoms with Gasteiger partial charge in [0.1, 0.15) is 11.3 Å². The molecule has 0 fully saturated rings. The minimum atomic E-state index is -0.376. The van der Waals surface area contributed by atoms with Gasteiger partial charge in [-0.25, -0.2) is 9.48 Å². The zero-order chi connectivity index (χ0) is 22.8. The lowest BCUT2D eigenvalue weighted by atomic mass is 10.0. The second-order valence-electron chi connectivity index (χ2n) is 8.17. The quantitative estimate of drug-likeness (QED) is 0.253. The first-order chi connectivity index (χ1) is 16.1. The van der Waals surface area contributed by atoms with Crippen LogP contribution in [0.4, 0.5) is 0 Å². The van der Waals surface area contributed by atoms with Crippen molar-refractivity contribution < 1.29 is 9.53 Å². The van der Waals surface area contributed by atoms with Crippen molar-refractivity contribution in [3.8, 4) is 16.9 Å². The van der Waals surface area contributed by atoms with Crippen LogP contribution >= 0.6 is 0 Å². The van der Waals surface area contributed by atoms with E-state index in [-0.39, 0.29) is 5.97 Å². The van der Waals surface area contributed by atoms with Crippen LogP contribution in [-0.2, 0) is 6.54 Å². The molecule has 5 aromatic rings. The van der Waals surface area contributed by atoms with Crippen molar-refractivity contribution in [2.24, 2.45) is 0 Å². The first-order valence-electron chi connectivity index (χ1n) is 10.8. The Labute approximate surface area is 192 Å². The third-order valence-corrected chi connectivity index (χ3v) is 5.70. The van der Waals surface area contributed by atoms with E-state index in [9.17, 15) is 4.79 Å². The van der Waals surface area contributed by atoms with Crippen LogP contribution in [0.25, 0.3) is 22.2 Å². The highest BCUT2D eigenvalue weighted by atomic mass is 16.5. The van der Waals surface area contributed by atoms with Crippen molar-refractivity contribution in [1.29, 1.82) is 0 Å². The molecule has 0 radical (unpaired) electrons. The average Bonchev–Trinajstić information content (AvgIpc) is 3.24. The molecule has 4 aromatic carbocycles. The summed E-state index contributed by atoms with van der Waals surface area (Å²) in [6.07, 6.45) is 0. The van der Waals surface area contributed by atoms with Crippen molar-refractivity contribution in [2.75, 3.05) is 0 Å². The second kappa shape index (κ2) is 8.71. The lowest BCUT2D eigenvalue weighted by molar-refractivity contribution is 0.0733. The number of ether oxygens (including phenoxy) is 1. The molecular weight excluding hydrogens is 410 g/mol. The predicted octanol–water partition coefficient (Wildman–Crippen LogP) is 5.98. The maximum Gasteiger partial charge on any atom is 0.343 e. The van der Waals surface area contributed by atoms with Crippen LogP contribution in [0.3, 0.4) is 0 Å². The summed E-state index contributed by atoms with van der Waals surface area (Å²) in [6, 6.07) is 29.5. The van der Waals surface area contributed by atoms with E-state index < -0.39 is 0 Å². The SMILES string of the molecule is Cc1ccc(-c2ccc(OC(=O)c3ccc(Cn4nnc5ccccc54)cc3)c(C)c2)cc1. The molecule has 5 rings (SSSR count). The maximum absolute atomic E-state index is 12.7. The summed E-state index contributed by atoms with van der Waals surface area (Å²) in [5, 5.41) is 8.41. The van der Waals surface area contributed by atoms with E-state index in [1.807, 2.05) is 66.2 Å². The summed E-state index contributed by atoms with van der Waals surface area (Å²) in [4.78, 5) is 12.7. The second-order valence-corrected chi connectivity index (χ2v) is 8.17. The normalized spacial score (nSPS) is 11.0. The number of aryl methyl sites for hydroxylation is 2. The van der Waals surface area contributed by atoms with E-state index in [0.29, 0.717) is 17.9 Å². The van der Waals surface area contributed by atoms with Gasteiger partial charge in [-0.15, -0.1) is 5.10 Å². The molecule has 0 N–H and O–H groups in total. The molecule has 5 heteroatoms. The number of rotatable bonds is 5. The van der Waals surface area contributed by atoms with Crippen LogP contribution in [0, 0.1) is 13.8 Å². The molecule has 0 bridgehead atoms. The van der Waals surface area contributed by atoms with Gasteiger partial charge in [-0.3, -0.25) is 0 Å². The molecule has 0 unspecified atom stereocenters. The fraction of sp³-hybridized carbons (Fsp3) is 0.107.